The fourth-order valence-corrected chi connectivity index (χ4v) is 6.51. The van der Waals surface area contributed by atoms with Gasteiger partial charge in [-0.05, 0) is 50.5 Å². The van der Waals surface area contributed by atoms with Crippen LogP contribution in [0, 0.1) is 19.3 Å². The maximum atomic E-state index is 14.1. The van der Waals surface area contributed by atoms with Crippen molar-refractivity contribution in [2.24, 2.45) is 0 Å². The predicted octanol–water partition coefficient (Wildman–Crippen LogP) is 4.12. The van der Waals surface area contributed by atoms with E-state index in [9.17, 15) is 13.2 Å². The Bertz CT molecular complexity index is 1720. The molecule has 2 aromatic carbocycles. The van der Waals surface area contributed by atoms with Crippen LogP contribution in [0.4, 0.5) is 10.6 Å². The van der Waals surface area contributed by atoms with E-state index in [0.29, 0.717) is 35.9 Å². The molecule has 1 aliphatic heterocycles. The van der Waals surface area contributed by atoms with Crippen molar-refractivity contribution in [1.82, 2.24) is 19.6 Å². The highest BCUT2D eigenvalue weighted by Gasteiger charge is 2.32. The number of fused-ring (bicyclic) bond motifs is 1. The van der Waals surface area contributed by atoms with Gasteiger partial charge >= 0.3 is 6.03 Å². The molecule has 0 fully saturated rings. The zero-order valence-corrected chi connectivity index (χ0v) is 26.6. The van der Waals surface area contributed by atoms with E-state index in [2.05, 4.69) is 15.3 Å². The minimum atomic E-state index is -4.29. The fourth-order valence-electron chi connectivity index (χ4n) is 4.94. The highest BCUT2D eigenvalue weighted by Crippen LogP contribution is 2.34. The second-order valence-corrected chi connectivity index (χ2v) is 12.2. The summed E-state index contributed by atoms with van der Waals surface area (Å²) in [6, 6.07) is 11.9. The normalized spacial score (nSPS) is 13.7. The maximum absolute atomic E-state index is 14.1. The van der Waals surface area contributed by atoms with Gasteiger partial charge in [0.1, 0.15) is 24.2 Å². The van der Waals surface area contributed by atoms with Crippen LogP contribution in [0.2, 0.25) is 0 Å². The van der Waals surface area contributed by atoms with E-state index < -0.39 is 16.8 Å². The number of nitrogens with one attached hydrogen (secondary N) is 2. The average Bonchev–Trinajstić information content (AvgIpc) is 2.99. The number of aromatic nitrogens is 2. The van der Waals surface area contributed by atoms with Crippen molar-refractivity contribution in [1.29, 1.82) is 5.41 Å². The second-order valence-electron chi connectivity index (χ2n) is 10.4. The van der Waals surface area contributed by atoms with Gasteiger partial charge in [0.15, 0.2) is 0 Å². The monoisotopic (exact) mass is 623 g/mol. The van der Waals surface area contributed by atoms with E-state index in [1.165, 1.54) is 27.0 Å². The second kappa shape index (κ2) is 13.5. The fraction of sp³-hybridized carbons (Fsp3) is 0.355. The number of rotatable bonds is 11. The summed E-state index contributed by atoms with van der Waals surface area (Å²) in [5.74, 6) is 0.883. The number of sulfonamides is 1. The van der Waals surface area contributed by atoms with Gasteiger partial charge in [-0.25, -0.2) is 27.5 Å². The number of aryl methyl sites for hydroxylation is 2. The Labute approximate surface area is 257 Å². The molecule has 13 heteroatoms. The van der Waals surface area contributed by atoms with Gasteiger partial charge in [-0.2, -0.15) is 0 Å². The van der Waals surface area contributed by atoms with Crippen LogP contribution in [0.25, 0.3) is 11.1 Å². The number of nitrogens with zero attached hydrogens (tertiary/aromatic N) is 4. The van der Waals surface area contributed by atoms with E-state index in [1.54, 1.807) is 30.0 Å². The molecule has 12 nitrogen and oxygen atoms in total. The molecule has 2 heterocycles. The molecule has 3 aromatic rings. The molecule has 44 heavy (non-hydrogen) atoms. The Morgan fingerprint density at radius 2 is 1.86 bits per heavy atom. The highest BCUT2D eigenvalue weighted by atomic mass is 32.2. The third-order valence-corrected chi connectivity index (χ3v) is 9.13. The van der Waals surface area contributed by atoms with Crippen molar-refractivity contribution in [2.45, 2.75) is 59.2 Å². The van der Waals surface area contributed by atoms with Gasteiger partial charge in [0, 0.05) is 37.5 Å². The number of urea groups is 1. The summed E-state index contributed by atoms with van der Waals surface area (Å²) < 4.78 is 40.0. The predicted molar refractivity (Wildman–Crippen MR) is 168 cm³/mol. The van der Waals surface area contributed by atoms with Crippen LogP contribution in [-0.2, 0) is 39.2 Å². The summed E-state index contributed by atoms with van der Waals surface area (Å²) in [4.78, 5) is 23.5. The van der Waals surface area contributed by atoms with Gasteiger partial charge in [-0.1, -0.05) is 36.4 Å². The SMILES string of the molecule is CCOCc1cc(CN2C(=O)NCc3c(C)nc(C)nc32)ccc1-c1ccccc1S(=O)(=O)N(COC)C(=N)/C(C)=C(/C)[OH2+]. The lowest BCUT2D eigenvalue weighted by Crippen LogP contribution is -2.44. The molecule has 4 rings (SSSR count). The van der Waals surface area contributed by atoms with Crippen molar-refractivity contribution in [3.8, 4) is 11.1 Å². The van der Waals surface area contributed by atoms with Crippen molar-refractivity contribution >= 4 is 27.7 Å². The largest absolute Gasteiger partial charge is 0.596 e. The summed E-state index contributed by atoms with van der Waals surface area (Å²) in [6.07, 6.45) is 0. The summed E-state index contributed by atoms with van der Waals surface area (Å²) in [5, 5.41) is 19.4. The first-order valence-electron chi connectivity index (χ1n) is 14.1. The zero-order valence-electron chi connectivity index (χ0n) is 25.8. The molecule has 0 saturated heterocycles. The standard InChI is InChI=1S/C31H38N6O6S/c1-7-43-17-24-14-23(16-36-30-27(15-33-31(36)39)20(3)34-22(5)35-30)12-13-25(24)26-10-8-9-11-28(26)44(40,41)37(18-42-6)29(32)19(2)21(4)38/h8-14,32,38H,7,15-18H2,1-6H3,(H,33,39)/p+1/b21-19-,32-29?. The smallest absolute Gasteiger partial charge is 0.323 e. The van der Waals surface area contributed by atoms with Crippen LogP contribution < -0.4 is 10.2 Å². The van der Waals surface area contributed by atoms with Crippen molar-refractivity contribution in [3.05, 3.63) is 82.0 Å². The Morgan fingerprint density at radius 1 is 1.14 bits per heavy atom. The third kappa shape index (κ3) is 6.59. The number of amides is 2. The average molecular weight is 624 g/mol. The summed E-state index contributed by atoms with van der Waals surface area (Å²) in [6.45, 7) is 9.42. The molecule has 1 aliphatic rings. The Kier molecular flexibility index (Phi) is 10.0. The Morgan fingerprint density at radius 3 is 2.55 bits per heavy atom. The van der Waals surface area contributed by atoms with E-state index in [-0.39, 0.29) is 41.2 Å². The summed E-state index contributed by atoms with van der Waals surface area (Å²) in [7, 11) is -2.94. The zero-order chi connectivity index (χ0) is 32.2. The molecule has 0 atom stereocenters. The number of carbonyl (C=O) groups is 1. The third-order valence-electron chi connectivity index (χ3n) is 7.35. The van der Waals surface area contributed by atoms with Crippen LogP contribution in [0.1, 0.15) is 49.0 Å². The lowest BCUT2D eigenvalue weighted by Gasteiger charge is -2.30. The van der Waals surface area contributed by atoms with Gasteiger partial charge in [0.25, 0.3) is 10.0 Å². The number of anilines is 1. The first-order chi connectivity index (χ1) is 20.9. The molecule has 0 unspecified atom stereocenters. The lowest BCUT2D eigenvalue weighted by atomic mass is 9.97. The molecule has 4 N–H and O–H groups in total. The number of hydrogen-bond donors (Lipinski definition) is 2. The summed E-state index contributed by atoms with van der Waals surface area (Å²) in [5.41, 5.74) is 4.46. The number of carbonyl (C=O) groups excluding carboxylic acids is 1. The lowest BCUT2D eigenvalue weighted by molar-refractivity contribution is 0.134. The van der Waals surface area contributed by atoms with Gasteiger partial charge in [-0.15, -0.1) is 0 Å². The number of allylic oxidation sites excluding steroid dienone is 1. The van der Waals surface area contributed by atoms with E-state index in [4.69, 9.17) is 20.0 Å². The molecule has 0 bridgehead atoms. The van der Waals surface area contributed by atoms with Crippen LogP contribution in [0.5, 0.6) is 0 Å². The van der Waals surface area contributed by atoms with Crippen molar-refractivity contribution in [3.63, 3.8) is 0 Å². The molecular formula is C31H39N6O6S+. The number of ether oxygens (including phenoxy) is 2. The molecular weight excluding hydrogens is 584 g/mol. The number of methoxy groups -OCH3 is 1. The van der Waals surface area contributed by atoms with E-state index >= 15 is 0 Å². The van der Waals surface area contributed by atoms with Crippen LogP contribution >= 0.6 is 0 Å². The number of benzene rings is 2. The van der Waals surface area contributed by atoms with Crippen molar-refractivity contribution in [2.75, 3.05) is 25.3 Å². The molecule has 0 radical (unpaired) electrons. The first-order valence-corrected chi connectivity index (χ1v) is 15.5. The first kappa shape index (κ1) is 32.6. The molecule has 0 spiro atoms. The quantitative estimate of drug-likeness (QED) is 0.107. The summed E-state index contributed by atoms with van der Waals surface area (Å²) >= 11 is 0. The minimum Gasteiger partial charge on any atom is -0.596 e. The van der Waals surface area contributed by atoms with Gasteiger partial charge in [-0.3, -0.25) is 10.3 Å². The maximum Gasteiger partial charge on any atom is 0.323 e. The molecule has 234 valence electrons. The number of hydrogen-bond acceptors (Lipinski definition) is 8. The van der Waals surface area contributed by atoms with E-state index in [1.807, 2.05) is 32.0 Å². The molecule has 1 aromatic heterocycles. The van der Waals surface area contributed by atoms with Crippen molar-refractivity contribution < 1.29 is 27.8 Å². The van der Waals surface area contributed by atoms with Gasteiger partial charge < -0.3 is 19.9 Å². The van der Waals surface area contributed by atoms with Crippen LogP contribution in [0.15, 0.2) is 58.7 Å². The van der Waals surface area contributed by atoms with Crippen LogP contribution in [0.3, 0.4) is 0 Å². The molecule has 0 saturated carbocycles. The van der Waals surface area contributed by atoms with Crippen LogP contribution in [-0.4, -0.2) is 60.1 Å². The highest BCUT2D eigenvalue weighted by molar-refractivity contribution is 7.89. The Hall–Kier alpha value is -4.33. The van der Waals surface area contributed by atoms with E-state index in [0.717, 1.165) is 26.7 Å². The van der Waals surface area contributed by atoms with Gasteiger partial charge in [0.05, 0.1) is 30.2 Å². The Balaban J connectivity index is 1.80. The number of amidine groups is 1. The topological polar surface area (TPSA) is 161 Å². The van der Waals surface area contributed by atoms with Gasteiger partial charge in [0.2, 0.25) is 5.76 Å². The molecule has 2 amide bonds. The minimum absolute atomic E-state index is 0.0188. The molecule has 0 aliphatic carbocycles.